The summed E-state index contributed by atoms with van der Waals surface area (Å²) in [4.78, 5) is 15.6. The van der Waals surface area contributed by atoms with Crippen LogP contribution < -0.4 is 11.1 Å². The zero-order chi connectivity index (χ0) is 13.9. The van der Waals surface area contributed by atoms with Gasteiger partial charge in [0.2, 0.25) is 0 Å². The van der Waals surface area contributed by atoms with Crippen molar-refractivity contribution >= 4 is 16.8 Å². The van der Waals surface area contributed by atoms with E-state index >= 15 is 0 Å². The topological polar surface area (TPSA) is 70.9 Å². The Morgan fingerprint density at radius 1 is 1.30 bits per heavy atom. The van der Waals surface area contributed by atoms with E-state index < -0.39 is 0 Å². The normalized spacial score (nSPS) is 14.2. The minimum atomic E-state index is -0.00823. The molecule has 106 valence electrons. The molecule has 2 aromatic rings. The van der Waals surface area contributed by atoms with Crippen molar-refractivity contribution in [3.05, 3.63) is 35.0 Å². The maximum Gasteiger partial charge on any atom is 0.251 e. The molecule has 20 heavy (non-hydrogen) atoms. The highest BCUT2D eigenvalue weighted by atomic mass is 16.1. The third-order valence-electron chi connectivity index (χ3n) is 4.03. The molecule has 0 radical (unpaired) electrons. The van der Waals surface area contributed by atoms with Gasteiger partial charge in [-0.25, -0.2) is 0 Å². The van der Waals surface area contributed by atoms with Crippen molar-refractivity contribution in [2.45, 2.75) is 32.1 Å². The summed E-state index contributed by atoms with van der Waals surface area (Å²) in [5, 5.41) is 4.12. The second-order valence-corrected chi connectivity index (χ2v) is 5.45. The quantitative estimate of drug-likeness (QED) is 0.745. The average molecular weight is 271 g/mol. The van der Waals surface area contributed by atoms with Crippen molar-refractivity contribution in [3.8, 4) is 0 Å². The summed E-state index contributed by atoms with van der Waals surface area (Å²) in [7, 11) is 0. The summed E-state index contributed by atoms with van der Waals surface area (Å²) in [6.07, 6.45) is 5.56. The number of carbonyl (C=O) groups excluding carboxylic acids is 1. The molecule has 1 aliphatic rings. The van der Waals surface area contributed by atoms with Gasteiger partial charge in [0.25, 0.3) is 5.91 Å². The number of hydrogen-bond donors (Lipinski definition) is 3. The first-order chi connectivity index (χ1) is 9.79. The molecular weight excluding hydrogens is 250 g/mol. The van der Waals surface area contributed by atoms with Gasteiger partial charge in [-0.15, -0.1) is 0 Å². The van der Waals surface area contributed by atoms with Crippen molar-refractivity contribution in [2.75, 3.05) is 13.1 Å². The van der Waals surface area contributed by atoms with E-state index in [0.717, 1.165) is 30.3 Å². The summed E-state index contributed by atoms with van der Waals surface area (Å²) in [5.74, 6) is -0.00823. The van der Waals surface area contributed by atoms with E-state index in [9.17, 15) is 4.79 Å². The molecule has 0 fully saturated rings. The van der Waals surface area contributed by atoms with E-state index in [0.29, 0.717) is 13.1 Å². The third kappa shape index (κ3) is 2.43. The third-order valence-corrected chi connectivity index (χ3v) is 4.03. The minimum Gasteiger partial charge on any atom is -0.358 e. The Hall–Kier alpha value is -1.81. The molecule has 0 saturated heterocycles. The van der Waals surface area contributed by atoms with Crippen molar-refractivity contribution < 1.29 is 4.79 Å². The number of aromatic amines is 1. The number of nitrogens with one attached hydrogen (secondary N) is 2. The lowest BCUT2D eigenvalue weighted by Crippen LogP contribution is -2.25. The zero-order valence-corrected chi connectivity index (χ0v) is 11.7. The molecule has 1 aromatic heterocycles. The standard InChI is InChI=1S/C16H21N3O/c17-8-3-9-18-16(20)11-6-7-15-13(10-11)12-4-1-2-5-14(12)19-15/h6-7,10,19H,1-5,8-9,17H2,(H,18,20). The molecule has 3 rings (SSSR count). The lowest BCUT2D eigenvalue weighted by atomic mass is 9.95. The Kier molecular flexibility index (Phi) is 3.74. The smallest absolute Gasteiger partial charge is 0.251 e. The van der Waals surface area contributed by atoms with Crippen LogP contribution in [0.1, 0.15) is 40.9 Å². The van der Waals surface area contributed by atoms with Gasteiger partial charge >= 0.3 is 0 Å². The Labute approximate surface area is 118 Å². The second-order valence-electron chi connectivity index (χ2n) is 5.45. The van der Waals surface area contributed by atoms with Crippen LogP contribution in [-0.2, 0) is 12.8 Å². The van der Waals surface area contributed by atoms with Gasteiger partial charge in [0.1, 0.15) is 0 Å². The number of hydrogen-bond acceptors (Lipinski definition) is 2. The van der Waals surface area contributed by atoms with Gasteiger partial charge < -0.3 is 16.0 Å². The summed E-state index contributed by atoms with van der Waals surface area (Å²) >= 11 is 0. The molecule has 0 bridgehead atoms. The highest BCUT2D eigenvalue weighted by molar-refractivity contribution is 5.99. The lowest BCUT2D eigenvalue weighted by molar-refractivity contribution is 0.0953. The van der Waals surface area contributed by atoms with E-state index in [-0.39, 0.29) is 5.91 Å². The highest BCUT2D eigenvalue weighted by Crippen LogP contribution is 2.29. The minimum absolute atomic E-state index is 0.00823. The summed E-state index contributed by atoms with van der Waals surface area (Å²) in [6, 6.07) is 5.93. The molecule has 4 N–H and O–H groups in total. The van der Waals surface area contributed by atoms with Crippen LogP contribution in [0.4, 0.5) is 0 Å². The Bertz CT molecular complexity index is 630. The average Bonchev–Trinajstić information content (AvgIpc) is 2.85. The first-order valence-corrected chi connectivity index (χ1v) is 7.41. The number of fused-ring (bicyclic) bond motifs is 3. The zero-order valence-electron chi connectivity index (χ0n) is 11.7. The number of nitrogens with two attached hydrogens (primary N) is 1. The SMILES string of the molecule is NCCCNC(=O)c1ccc2[nH]c3c(c2c1)CCCC3. The molecule has 1 amide bonds. The van der Waals surface area contributed by atoms with Crippen LogP contribution in [0.5, 0.6) is 0 Å². The number of aryl methyl sites for hydroxylation is 2. The highest BCUT2D eigenvalue weighted by Gasteiger charge is 2.16. The van der Waals surface area contributed by atoms with Crippen LogP contribution in [0.3, 0.4) is 0 Å². The van der Waals surface area contributed by atoms with Gasteiger partial charge in [0, 0.05) is 28.7 Å². The molecule has 0 atom stereocenters. The van der Waals surface area contributed by atoms with Crippen molar-refractivity contribution in [1.82, 2.24) is 10.3 Å². The van der Waals surface area contributed by atoms with Crippen molar-refractivity contribution in [2.24, 2.45) is 5.73 Å². The monoisotopic (exact) mass is 271 g/mol. The lowest BCUT2D eigenvalue weighted by Gasteiger charge is -2.10. The Morgan fingerprint density at radius 2 is 2.15 bits per heavy atom. The molecule has 0 unspecified atom stereocenters. The van der Waals surface area contributed by atoms with E-state index in [1.807, 2.05) is 18.2 Å². The van der Waals surface area contributed by atoms with Gasteiger partial charge in [0.15, 0.2) is 0 Å². The Morgan fingerprint density at radius 3 is 3.00 bits per heavy atom. The van der Waals surface area contributed by atoms with Gasteiger partial charge in [-0.05, 0) is 62.4 Å². The maximum atomic E-state index is 12.1. The van der Waals surface area contributed by atoms with Crippen molar-refractivity contribution in [3.63, 3.8) is 0 Å². The van der Waals surface area contributed by atoms with Gasteiger partial charge in [-0.3, -0.25) is 4.79 Å². The van der Waals surface area contributed by atoms with Crippen LogP contribution in [0.15, 0.2) is 18.2 Å². The first-order valence-electron chi connectivity index (χ1n) is 7.41. The predicted octanol–water partition coefficient (Wildman–Crippen LogP) is 2.13. The Balaban J connectivity index is 1.88. The number of amides is 1. The molecule has 1 aromatic carbocycles. The predicted molar refractivity (Wildman–Crippen MR) is 80.9 cm³/mol. The fraction of sp³-hybridized carbons (Fsp3) is 0.438. The van der Waals surface area contributed by atoms with Crippen LogP contribution in [0, 0.1) is 0 Å². The largest absolute Gasteiger partial charge is 0.358 e. The molecule has 0 saturated carbocycles. The van der Waals surface area contributed by atoms with Crippen LogP contribution >= 0.6 is 0 Å². The molecule has 1 aliphatic carbocycles. The fourth-order valence-corrected chi connectivity index (χ4v) is 2.95. The fourth-order valence-electron chi connectivity index (χ4n) is 2.95. The number of aromatic nitrogens is 1. The van der Waals surface area contributed by atoms with E-state index in [4.69, 9.17) is 5.73 Å². The molecular formula is C16H21N3O. The number of benzene rings is 1. The van der Waals surface area contributed by atoms with Gasteiger partial charge in [-0.1, -0.05) is 0 Å². The molecule has 1 heterocycles. The molecule has 4 heteroatoms. The van der Waals surface area contributed by atoms with E-state index in [1.165, 1.54) is 29.5 Å². The second kappa shape index (κ2) is 5.67. The van der Waals surface area contributed by atoms with E-state index in [2.05, 4.69) is 10.3 Å². The number of rotatable bonds is 4. The van der Waals surface area contributed by atoms with Crippen LogP contribution in [0.2, 0.25) is 0 Å². The van der Waals surface area contributed by atoms with Crippen LogP contribution in [-0.4, -0.2) is 24.0 Å². The summed E-state index contributed by atoms with van der Waals surface area (Å²) in [5.41, 5.74) is 10.1. The number of carbonyl (C=O) groups is 1. The summed E-state index contributed by atoms with van der Waals surface area (Å²) < 4.78 is 0. The van der Waals surface area contributed by atoms with Crippen LogP contribution in [0.25, 0.3) is 10.9 Å². The van der Waals surface area contributed by atoms with Crippen molar-refractivity contribution in [1.29, 1.82) is 0 Å². The molecule has 0 spiro atoms. The molecule has 4 nitrogen and oxygen atoms in total. The van der Waals surface area contributed by atoms with Gasteiger partial charge in [0.05, 0.1) is 0 Å². The number of H-pyrrole nitrogens is 1. The maximum absolute atomic E-state index is 12.1. The first kappa shape index (κ1) is 13.2. The summed E-state index contributed by atoms with van der Waals surface area (Å²) in [6.45, 7) is 1.24. The molecule has 0 aliphatic heterocycles. The van der Waals surface area contributed by atoms with E-state index in [1.54, 1.807) is 0 Å². The van der Waals surface area contributed by atoms with Gasteiger partial charge in [-0.2, -0.15) is 0 Å².